The van der Waals surface area contributed by atoms with Gasteiger partial charge in [0.15, 0.2) is 0 Å². The Hall–Kier alpha value is -0.120. The summed E-state index contributed by atoms with van der Waals surface area (Å²) < 4.78 is 0. The first kappa shape index (κ1) is 13.8. The molecule has 19 heavy (non-hydrogen) atoms. The summed E-state index contributed by atoms with van der Waals surface area (Å²) in [5.41, 5.74) is 6.52. The molecule has 3 rings (SSSR count). The number of hydrogen-bond donors (Lipinski definition) is 1. The van der Waals surface area contributed by atoms with Gasteiger partial charge in [-0.15, -0.1) is 0 Å². The average Bonchev–Trinajstić information content (AvgIpc) is 3.19. The predicted molar refractivity (Wildman–Crippen MR) is 80.1 cm³/mol. The highest BCUT2D eigenvalue weighted by Crippen LogP contribution is 2.38. The summed E-state index contributed by atoms with van der Waals surface area (Å²) in [6.07, 6.45) is 6.91. The molecule has 0 amide bonds. The molecule has 1 unspecified atom stereocenters. The molecule has 2 N–H and O–H groups in total. The Kier molecular flexibility index (Phi) is 3.89. The smallest absolute Gasteiger partial charge is 0.0470 e. The van der Waals surface area contributed by atoms with Crippen molar-refractivity contribution >= 4 is 0 Å². The van der Waals surface area contributed by atoms with E-state index in [2.05, 4.69) is 23.6 Å². The van der Waals surface area contributed by atoms with E-state index in [1.165, 1.54) is 58.3 Å². The van der Waals surface area contributed by atoms with Gasteiger partial charge < -0.3 is 5.73 Å². The lowest BCUT2D eigenvalue weighted by Crippen LogP contribution is -2.58. The average molecular weight is 265 g/mol. The number of rotatable bonds is 4. The summed E-state index contributed by atoms with van der Waals surface area (Å²) in [6, 6.07) is 0.904. The van der Waals surface area contributed by atoms with Gasteiger partial charge in [0.25, 0.3) is 0 Å². The Labute approximate surface area is 118 Å². The van der Waals surface area contributed by atoms with E-state index in [1.807, 2.05) is 0 Å². The molecule has 1 atom stereocenters. The first-order valence-electron chi connectivity index (χ1n) is 8.34. The van der Waals surface area contributed by atoms with Gasteiger partial charge in [0.2, 0.25) is 0 Å². The zero-order valence-corrected chi connectivity index (χ0v) is 12.8. The molecule has 2 aliphatic heterocycles. The quantitative estimate of drug-likeness (QED) is 0.843. The topological polar surface area (TPSA) is 32.5 Å². The van der Waals surface area contributed by atoms with E-state index in [-0.39, 0.29) is 0 Å². The minimum Gasteiger partial charge on any atom is -0.329 e. The fraction of sp³-hybridized carbons (Fsp3) is 1.00. The third-order valence-electron chi connectivity index (χ3n) is 5.96. The SMILES string of the molecule is CC(C)C1CCN(C2(CN)CCN(C3CC3)C2)CC1. The summed E-state index contributed by atoms with van der Waals surface area (Å²) in [6.45, 7) is 10.7. The Bertz CT molecular complexity index is 305. The first-order valence-corrected chi connectivity index (χ1v) is 8.34. The van der Waals surface area contributed by atoms with Gasteiger partial charge in [0.1, 0.15) is 0 Å². The number of likely N-dealkylation sites (tertiary alicyclic amines) is 2. The standard InChI is InChI=1S/C16H31N3/c1-13(2)14-5-8-19(9-6-14)16(11-17)7-10-18(12-16)15-3-4-15/h13-15H,3-12,17H2,1-2H3. The third-order valence-corrected chi connectivity index (χ3v) is 5.96. The Morgan fingerprint density at radius 3 is 2.32 bits per heavy atom. The Morgan fingerprint density at radius 1 is 1.11 bits per heavy atom. The van der Waals surface area contributed by atoms with E-state index < -0.39 is 0 Å². The van der Waals surface area contributed by atoms with Crippen LogP contribution in [-0.4, -0.2) is 54.1 Å². The summed E-state index contributed by atoms with van der Waals surface area (Å²) >= 11 is 0. The normalized spacial score (nSPS) is 35.4. The lowest BCUT2D eigenvalue weighted by Gasteiger charge is -2.45. The second-order valence-electron chi connectivity index (χ2n) is 7.45. The van der Waals surface area contributed by atoms with Crippen molar-refractivity contribution in [3.05, 3.63) is 0 Å². The van der Waals surface area contributed by atoms with Gasteiger partial charge in [0, 0.05) is 31.2 Å². The van der Waals surface area contributed by atoms with Crippen molar-refractivity contribution < 1.29 is 0 Å². The Morgan fingerprint density at radius 2 is 1.79 bits per heavy atom. The second kappa shape index (κ2) is 5.34. The largest absolute Gasteiger partial charge is 0.329 e. The van der Waals surface area contributed by atoms with E-state index in [0.29, 0.717) is 5.54 Å². The molecule has 0 radical (unpaired) electrons. The summed E-state index contributed by atoms with van der Waals surface area (Å²) in [7, 11) is 0. The molecule has 2 heterocycles. The molecular formula is C16H31N3. The minimum atomic E-state index is 0.310. The molecule has 0 aromatic heterocycles. The molecule has 2 saturated heterocycles. The van der Waals surface area contributed by atoms with Crippen LogP contribution in [0.15, 0.2) is 0 Å². The van der Waals surface area contributed by atoms with Gasteiger partial charge in [-0.05, 0) is 57.0 Å². The fourth-order valence-corrected chi connectivity index (χ4v) is 4.23. The molecule has 3 heteroatoms. The molecule has 3 nitrogen and oxygen atoms in total. The maximum absolute atomic E-state index is 6.21. The van der Waals surface area contributed by atoms with Gasteiger partial charge in [-0.25, -0.2) is 0 Å². The van der Waals surface area contributed by atoms with Crippen molar-refractivity contribution in [2.24, 2.45) is 17.6 Å². The van der Waals surface area contributed by atoms with Crippen LogP contribution in [0.25, 0.3) is 0 Å². The number of nitrogens with zero attached hydrogens (tertiary/aromatic N) is 2. The van der Waals surface area contributed by atoms with Crippen molar-refractivity contribution in [3.8, 4) is 0 Å². The fourth-order valence-electron chi connectivity index (χ4n) is 4.23. The third kappa shape index (κ3) is 2.70. The van der Waals surface area contributed by atoms with E-state index >= 15 is 0 Å². The molecule has 1 saturated carbocycles. The van der Waals surface area contributed by atoms with Crippen molar-refractivity contribution in [2.75, 3.05) is 32.7 Å². The molecular weight excluding hydrogens is 234 g/mol. The molecule has 0 aromatic carbocycles. The van der Waals surface area contributed by atoms with E-state index in [1.54, 1.807) is 0 Å². The lowest BCUT2D eigenvalue weighted by molar-refractivity contribution is 0.0500. The van der Waals surface area contributed by atoms with Crippen LogP contribution in [0.3, 0.4) is 0 Å². The monoisotopic (exact) mass is 265 g/mol. The predicted octanol–water partition coefficient (Wildman–Crippen LogP) is 1.92. The van der Waals surface area contributed by atoms with Gasteiger partial charge in [-0.2, -0.15) is 0 Å². The molecule has 0 spiro atoms. The van der Waals surface area contributed by atoms with Crippen LogP contribution in [0.4, 0.5) is 0 Å². The Balaban J connectivity index is 1.60. The number of piperidine rings is 1. The lowest BCUT2D eigenvalue weighted by atomic mass is 9.84. The van der Waals surface area contributed by atoms with Crippen LogP contribution in [0, 0.1) is 11.8 Å². The zero-order chi connectivity index (χ0) is 13.5. The highest BCUT2D eigenvalue weighted by atomic mass is 15.3. The van der Waals surface area contributed by atoms with Crippen molar-refractivity contribution in [1.29, 1.82) is 0 Å². The molecule has 1 aliphatic carbocycles. The minimum absolute atomic E-state index is 0.310. The number of hydrogen-bond acceptors (Lipinski definition) is 3. The maximum Gasteiger partial charge on any atom is 0.0470 e. The molecule has 110 valence electrons. The molecule has 0 bridgehead atoms. The summed E-state index contributed by atoms with van der Waals surface area (Å²) in [5, 5.41) is 0. The van der Waals surface area contributed by atoms with Crippen LogP contribution < -0.4 is 5.73 Å². The van der Waals surface area contributed by atoms with Crippen LogP contribution in [0.1, 0.15) is 46.0 Å². The van der Waals surface area contributed by atoms with Gasteiger partial charge in [0.05, 0.1) is 0 Å². The van der Waals surface area contributed by atoms with Gasteiger partial charge in [-0.1, -0.05) is 13.8 Å². The highest BCUT2D eigenvalue weighted by molar-refractivity contribution is 5.04. The van der Waals surface area contributed by atoms with Crippen molar-refractivity contribution in [3.63, 3.8) is 0 Å². The molecule has 0 aromatic rings. The summed E-state index contributed by atoms with van der Waals surface area (Å²) in [5.74, 6) is 1.79. The van der Waals surface area contributed by atoms with Crippen molar-refractivity contribution in [2.45, 2.75) is 57.5 Å². The van der Waals surface area contributed by atoms with Crippen LogP contribution in [0.2, 0.25) is 0 Å². The van der Waals surface area contributed by atoms with Crippen LogP contribution in [-0.2, 0) is 0 Å². The van der Waals surface area contributed by atoms with Gasteiger partial charge >= 0.3 is 0 Å². The zero-order valence-electron chi connectivity index (χ0n) is 12.8. The highest BCUT2D eigenvalue weighted by Gasteiger charge is 2.46. The van der Waals surface area contributed by atoms with E-state index in [9.17, 15) is 0 Å². The van der Waals surface area contributed by atoms with Crippen molar-refractivity contribution in [1.82, 2.24) is 9.80 Å². The molecule has 3 fully saturated rings. The van der Waals surface area contributed by atoms with Gasteiger partial charge in [-0.3, -0.25) is 9.80 Å². The van der Waals surface area contributed by atoms with Crippen LogP contribution >= 0.6 is 0 Å². The van der Waals surface area contributed by atoms with E-state index in [4.69, 9.17) is 5.73 Å². The molecule has 3 aliphatic rings. The maximum atomic E-state index is 6.21. The van der Waals surface area contributed by atoms with E-state index in [0.717, 1.165) is 24.4 Å². The van der Waals surface area contributed by atoms with Crippen LogP contribution in [0.5, 0.6) is 0 Å². The summed E-state index contributed by atoms with van der Waals surface area (Å²) in [4.78, 5) is 5.45. The first-order chi connectivity index (χ1) is 9.14. The second-order valence-corrected chi connectivity index (χ2v) is 7.45. The number of nitrogens with two attached hydrogens (primary N) is 1.